The molecule has 0 aromatic heterocycles. The molecule has 0 bridgehead atoms. The number of carbonyl (C=O) groups is 1. The summed E-state index contributed by atoms with van der Waals surface area (Å²) < 4.78 is 5.30. The zero-order valence-electron chi connectivity index (χ0n) is 7.73. The maximum Gasteiger partial charge on any atom is 0.349 e. The van der Waals surface area contributed by atoms with Crippen LogP contribution < -0.4 is 4.74 Å². The number of ether oxygens (including phenoxy) is 1. The van der Waals surface area contributed by atoms with Gasteiger partial charge >= 0.3 is 5.97 Å². The molecule has 0 saturated heterocycles. The van der Waals surface area contributed by atoms with E-state index in [0.29, 0.717) is 12.2 Å². The average molecular weight is 201 g/mol. The van der Waals surface area contributed by atoms with Crippen LogP contribution in [0.1, 0.15) is 5.56 Å². The molecule has 0 saturated carbocycles. The van der Waals surface area contributed by atoms with Crippen LogP contribution in [-0.4, -0.2) is 11.1 Å². The van der Waals surface area contributed by atoms with Gasteiger partial charge in [-0.3, -0.25) is 0 Å². The summed E-state index contributed by atoms with van der Waals surface area (Å²) in [5.41, 5.74) is 0.577. The van der Waals surface area contributed by atoms with E-state index in [1.165, 1.54) is 0 Å². The van der Waals surface area contributed by atoms with Crippen molar-refractivity contribution < 1.29 is 14.6 Å². The lowest BCUT2D eigenvalue weighted by atomic mass is 10.1. The van der Waals surface area contributed by atoms with Crippen LogP contribution in [-0.2, 0) is 11.2 Å². The van der Waals surface area contributed by atoms with E-state index in [2.05, 4.69) is 0 Å². The molecule has 1 N–H and O–H groups in total. The Morgan fingerprint density at radius 1 is 1.47 bits per heavy atom. The number of carboxylic acid groups (broad SMARTS) is 1. The molecule has 2 rings (SSSR count). The number of hydrogen-bond donors (Lipinski definition) is 1. The van der Waals surface area contributed by atoms with Gasteiger partial charge in [0.25, 0.3) is 0 Å². The van der Waals surface area contributed by atoms with Crippen LogP contribution in [0.4, 0.5) is 0 Å². The molecule has 1 aromatic rings. The summed E-state index contributed by atoms with van der Waals surface area (Å²) in [5, 5.41) is 17.4. The first-order valence-corrected chi connectivity index (χ1v) is 4.34. The Hall–Kier alpha value is -2.28. The van der Waals surface area contributed by atoms with Gasteiger partial charge < -0.3 is 9.84 Å². The van der Waals surface area contributed by atoms with Gasteiger partial charge in [-0.15, -0.1) is 0 Å². The number of allylic oxidation sites excluding steroid dienone is 1. The van der Waals surface area contributed by atoms with Crippen LogP contribution in [0.3, 0.4) is 0 Å². The maximum atomic E-state index is 10.7. The predicted octanol–water partition coefficient (Wildman–Crippen LogP) is 1.48. The van der Waals surface area contributed by atoms with Crippen molar-refractivity contribution in [2.24, 2.45) is 0 Å². The summed E-state index contributed by atoms with van der Waals surface area (Å²) in [4.78, 5) is 10.7. The Labute approximate surface area is 86.0 Å². The summed E-state index contributed by atoms with van der Waals surface area (Å²) in [5.74, 6) is -0.409. The fourth-order valence-corrected chi connectivity index (χ4v) is 1.46. The van der Waals surface area contributed by atoms with Crippen molar-refractivity contribution >= 4 is 5.97 Å². The lowest BCUT2D eigenvalue weighted by Gasteiger charge is -1.99. The Morgan fingerprint density at radius 2 is 2.20 bits per heavy atom. The molecule has 0 radical (unpaired) electrons. The number of benzene rings is 1. The Bertz CT molecular complexity index is 470. The predicted molar refractivity (Wildman–Crippen MR) is 51.0 cm³/mol. The summed E-state index contributed by atoms with van der Waals surface area (Å²) >= 11 is 0. The van der Waals surface area contributed by atoms with Crippen molar-refractivity contribution in [2.75, 3.05) is 0 Å². The number of rotatable bonds is 1. The smallest absolute Gasteiger partial charge is 0.349 e. The van der Waals surface area contributed by atoms with Crippen molar-refractivity contribution in [3.8, 4) is 11.8 Å². The van der Waals surface area contributed by atoms with Gasteiger partial charge in [-0.05, 0) is 6.07 Å². The highest BCUT2D eigenvalue weighted by molar-refractivity contribution is 5.92. The second-order valence-corrected chi connectivity index (χ2v) is 3.10. The second-order valence-electron chi connectivity index (χ2n) is 3.10. The number of nitrogens with zero attached hydrogens (tertiary/aromatic N) is 1. The maximum absolute atomic E-state index is 10.7. The molecule has 1 aromatic carbocycles. The van der Waals surface area contributed by atoms with E-state index < -0.39 is 5.97 Å². The molecular formula is C11H7NO3. The molecule has 0 fully saturated rings. The number of hydrogen-bond acceptors (Lipinski definition) is 3. The molecule has 1 aliphatic heterocycles. The van der Waals surface area contributed by atoms with E-state index in [4.69, 9.17) is 15.1 Å². The Balaban J connectivity index is 2.42. The fourth-order valence-electron chi connectivity index (χ4n) is 1.46. The number of fused-ring (bicyclic) bond motifs is 1. The first-order valence-electron chi connectivity index (χ1n) is 4.34. The zero-order chi connectivity index (χ0) is 10.8. The van der Waals surface area contributed by atoms with E-state index in [0.717, 1.165) is 5.56 Å². The monoisotopic (exact) mass is 201 g/mol. The molecule has 4 nitrogen and oxygen atoms in total. The average Bonchev–Trinajstić information content (AvgIpc) is 2.61. The number of para-hydroxylation sites is 1. The SMILES string of the molecule is N#CC(C(=O)O)=C1Cc2ccccc2O1. The topological polar surface area (TPSA) is 70.3 Å². The summed E-state index contributed by atoms with van der Waals surface area (Å²) in [7, 11) is 0. The largest absolute Gasteiger partial charge is 0.477 e. The van der Waals surface area contributed by atoms with E-state index in [1.54, 1.807) is 18.2 Å². The highest BCUT2D eigenvalue weighted by Gasteiger charge is 2.23. The molecule has 1 aliphatic rings. The summed E-state index contributed by atoms with van der Waals surface area (Å²) in [6.45, 7) is 0. The Morgan fingerprint density at radius 3 is 2.80 bits per heavy atom. The molecule has 4 heteroatoms. The van der Waals surface area contributed by atoms with Crippen LogP contribution in [0.15, 0.2) is 35.6 Å². The van der Waals surface area contributed by atoms with E-state index >= 15 is 0 Å². The van der Waals surface area contributed by atoms with Crippen LogP contribution >= 0.6 is 0 Å². The molecule has 0 aliphatic carbocycles. The minimum Gasteiger partial charge on any atom is -0.477 e. The summed E-state index contributed by atoms with van der Waals surface area (Å²) in [6, 6.07) is 8.87. The molecule has 0 atom stereocenters. The second kappa shape index (κ2) is 3.46. The minimum absolute atomic E-state index is 0.214. The van der Waals surface area contributed by atoms with Gasteiger partial charge in [-0.2, -0.15) is 5.26 Å². The van der Waals surface area contributed by atoms with Crippen molar-refractivity contribution in [3.05, 3.63) is 41.2 Å². The zero-order valence-corrected chi connectivity index (χ0v) is 7.73. The third-order valence-electron chi connectivity index (χ3n) is 2.16. The van der Waals surface area contributed by atoms with Gasteiger partial charge in [-0.1, -0.05) is 18.2 Å². The number of carboxylic acids is 1. The first-order chi connectivity index (χ1) is 7.22. The molecule has 74 valence electrons. The van der Waals surface area contributed by atoms with Crippen LogP contribution in [0, 0.1) is 11.3 Å². The third-order valence-corrected chi connectivity index (χ3v) is 2.16. The van der Waals surface area contributed by atoms with Gasteiger partial charge in [-0.25, -0.2) is 4.79 Å². The molecule has 0 unspecified atom stereocenters. The fraction of sp³-hybridized carbons (Fsp3) is 0.0909. The van der Waals surface area contributed by atoms with Crippen LogP contribution in [0.25, 0.3) is 0 Å². The standard InChI is InChI=1S/C11H7NO3/c12-6-8(11(13)14)10-5-7-3-1-2-4-9(7)15-10/h1-4H,5H2,(H,13,14). The molecule has 0 amide bonds. The van der Waals surface area contributed by atoms with Crippen LogP contribution in [0.2, 0.25) is 0 Å². The number of nitriles is 1. The van der Waals surface area contributed by atoms with Gasteiger partial charge in [0.05, 0.1) is 0 Å². The van der Waals surface area contributed by atoms with E-state index in [1.807, 2.05) is 12.1 Å². The van der Waals surface area contributed by atoms with Gasteiger partial charge in [0.2, 0.25) is 0 Å². The van der Waals surface area contributed by atoms with Crippen molar-refractivity contribution in [2.45, 2.75) is 6.42 Å². The van der Waals surface area contributed by atoms with Gasteiger partial charge in [0, 0.05) is 12.0 Å². The third kappa shape index (κ3) is 1.55. The molecule has 0 spiro atoms. The quantitative estimate of drug-likeness (QED) is 0.552. The van der Waals surface area contributed by atoms with E-state index in [9.17, 15) is 4.79 Å². The minimum atomic E-state index is -1.25. The molecular weight excluding hydrogens is 194 g/mol. The highest BCUT2D eigenvalue weighted by Crippen LogP contribution is 2.31. The van der Waals surface area contributed by atoms with Gasteiger partial charge in [0.1, 0.15) is 17.6 Å². The van der Waals surface area contributed by atoms with Crippen molar-refractivity contribution in [3.63, 3.8) is 0 Å². The molecule has 1 heterocycles. The normalized spacial score (nSPS) is 16.2. The van der Waals surface area contributed by atoms with Crippen molar-refractivity contribution in [1.29, 1.82) is 5.26 Å². The van der Waals surface area contributed by atoms with E-state index in [-0.39, 0.29) is 11.3 Å². The lowest BCUT2D eigenvalue weighted by molar-refractivity contribution is -0.132. The molecule has 15 heavy (non-hydrogen) atoms. The van der Waals surface area contributed by atoms with Crippen molar-refractivity contribution in [1.82, 2.24) is 0 Å². The highest BCUT2D eigenvalue weighted by atomic mass is 16.5. The lowest BCUT2D eigenvalue weighted by Crippen LogP contribution is -2.05. The van der Waals surface area contributed by atoms with Gasteiger partial charge in [0.15, 0.2) is 5.57 Å². The Kier molecular flexibility index (Phi) is 2.14. The van der Waals surface area contributed by atoms with Crippen LogP contribution in [0.5, 0.6) is 5.75 Å². The number of aliphatic carboxylic acids is 1. The first kappa shape index (κ1) is 9.28. The summed E-state index contributed by atoms with van der Waals surface area (Å²) in [6.07, 6.45) is 0.366.